The molecule has 0 aliphatic rings. The number of ether oxygens (including phenoxy) is 2. The van der Waals surface area contributed by atoms with Gasteiger partial charge in [0.2, 0.25) is 0 Å². The summed E-state index contributed by atoms with van der Waals surface area (Å²) in [5.41, 5.74) is 4.94. The lowest BCUT2D eigenvalue weighted by atomic mass is 10.1. The van der Waals surface area contributed by atoms with Gasteiger partial charge in [0.05, 0.1) is 32.0 Å². The van der Waals surface area contributed by atoms with Crippen LogP contribution in [0.1, 0.15) is 24.6 Å². The molecule has 1 aromatic heterocycles. The van der Waals surface area contributed by atoms with Crippen LogP contribution in [0.25, 0.3) is 0 Å². The van der Waals surface area contributed by atoms with Crippen LogP contribution in [0.3, 0.4) is 0 Å². The van der Waals surface area contributed by atoms with Crippen molar-refractivity contribution >= 4 is 11.7 Å². The summed E-state index contributed by atoms with van der Waals surface area (Å²) in [6.45, 7) is 1.85. The van der Waals surface area contributed by atoms with Crippen LogP contribution in [-0.4, -0.2) is 24.7 Å². The minimum Gasteiger partial charge on any atom is -0.495 e. The van der Waals surface area contributed by atoms with Crippen LogP contribution in [0.15, 0.2) is 6.20 Å². The molecule has 0 aliphatic carbocycles. The molecule has 1 heterocycles. The third-order valence-corrected chi connectivity index (χ3v) is 2.27. The molecule has 2 N–H and O–H groups in total. The predicted molar refractivity (Wildman–Crippen MR) is 60.5 cm³/mol. The van der Waals surface area contributed by atoms with Crippen molar-refractivity contribution in [1.82, 2.24) is 4.98 Å². The van der Waals surface area contributed by atoms with Gasteiger partial charge in [0.15, 0.2) is 0 Å². The molecule has 18 heavy (non-hydrogen) atoms. The average molecular weight is 260 g/mol. The molecule has 0 saturated carbocycles. The fourth-order valence-corrected chi connectivity index (χ4v) is 1.45. The Labute approximate surface area is 103 Å². The van der Waals surface area contributed by atoms with Crippen molar-refractivity contribution in [2.45, 2.75) is 19.8 Å². The second-order valence-corrected chi connectivity index (χ2v) is 3.39. The molecule has 0 unspecified atom stereocenters. The largest absolute Gasteiger partial charge is 0.495 e. The molecule has 0 saturated heterocycles. The Kier molecular flexibility index (Phi) is 4.82. The third-order valence-electron chi connectivity index (χ3n) is 2.27. The zero-order valence-corrected chi connectivity index (χ0v) is 10.1. The molecule has 100 valence electrons. The number of methoxy groups -OCH3 is 1. The first-order valence-corrected chi connectivity index (χ1v) is 5.26. The molecule has 0 bridgehead atoms. The summed E-state index contributed by atoms with van der Waals surface area (Å²) in [6, 6.07) is 0. The van der Waals surface area contributed by atoms with Crippen molar-refractivity contribution in [3.8, 4) is 5.75 Å². The van der Waals surface area contributed by atoms with E-state index in [2.05, 4.69) is 4.98 Å². The van der Waals surface area contributed by atoms with E-state index in [0.29, 0.717) is 0 Å². The van der Waals surface area contributed by atoms with Crippen molar-refractivity contribution in [1.29, 1.82) is 0 Å². The Balaban J connectivity index is 3.13. The van der Waals surface area contributed by atoms with E-state index in [9.17, 15) is 13.6 Å². The number of aromatic nitrogens is 1. The van der Waals surface area contributed by atoms with Crippen LogP contribution in [0.4, 0.5) is 14.5 Å². The van der Waals surface area contributed by atoms with Gasteiger partial charge in [-0.25, -0.2) is 13.8 Å². The molecule has 0 spiro atoms. The Bertz CT molecular complexity index is 439. The molecule has 1 aromatic rings. The van der Waals surface area contributed by atoms with E-state index >= 15 is 0 Å². The number of nitrogens with two attached hydrogens (primary N) is 1. The number of carbonyl (C=O) groups excluding carboxylic acids is 1. The highest BCUT2D eigenvalue weighted by Gasteiger charge is 2.21. The van der Waals surface area contributed by atoms with Crippen LogP contribution in [0.2, 0.25) is 0 Å². The van der Waals surface area contributed by atoms with E-state index in [0.717, 1.165) is 6.20 Å². The zero-order valence-electron chi connectivity index (χ0n) is 10.1. The van der Waals surface area contributed by atoms with Crippen molar-refractivity contribution in [3.63, 3.8) is 0 Å². The Morgan fingerprint density at radius 1 is 1.56 bits per heavy atom. The number of hydrogen-bond acceptors (Lipinski definition) is 5. The molecule has 0 fully saturated rings. The number of nitrogens with zero attached hydrogens (tertiary/aromatic N) is 1. The summed E-state index contributed by atoms with van der Waals surface area (Å²) >= 11 is 0. The summed E-state index contributed by atoms with van der Waals surface area (Å²) in [7, 11) is 1.34. The van der Waals surface area contributed by atoms with Gasteiger partial charge in [-0.2, -0.15) is 0 Å². The third kappa shape index (κ3) is 3.06. The highest BCUT2D eigenvalue weighted by molar-refractivity contribution is 5.77. The lowest BCUT2D eigenvalue weighted by Crippen LogP contribution is -2.12. The van der Waals surface area contributed by atoms with Crippen LogP contribution in [0.5, 0.6) is 5.75 Å². The van der Waals surface area contributed by atoms with Gasteiger partial charge in [-0.05, 0) is 6.92 Å². The van der Waals surface area contributed by atoms with E-state index in [-0.39, 0.29) is 30.0 Å². The first-order chi connectivity index (χ1) is 8.51. The Morgan fingerprint density at radius 3 is 2.72 bits per heavy atom. The lowest BCUT2D eigenvalue weighted by molar-refractivity contribution is -0.142. The molecule has 1 rings (SSSR count). The number of carbonyl (C=O) groups is 1. The van der Waals surface area contributed by atoms with Gasteiger partial charge in [0.1, 0.15) is 11.4 Å². The van der Waals surface area contributed by atoms with Crippen LogP contribution in [-0.2, 0) is 16.0 Å². The van der Waals surface area contributed by atoms with Gasteiger partial charge in [0, 0.05) is 5.56 Å². The number of hydrogen-bond donors (Lipinski definition) is 1. The van der Waals surface area contributed by atoms with Crippen molar-refractivity contribution < 1.29 is 23.0 Å². The topological polar surface area (TPSA) is 74.4 Å². The standard InChI is InChI=1S/C11H14F2N2O3/c1-3-18-8(16)4-6-7(17-2)5-15-10(9(6)14)11(12)13/h5,11H,3-4,14H2,1-2H3. The van der Waals surface area contributed by atoms with Crippen molar-refractivity contribution in [2.24, 2.45) is 0 Å². The first-order valence-electron chi connectivity index (χ1n) is 5.26. The smallest absolute Gasteiger partial charge is 0.310 e. The van der Waals surface area contributed by atoms with Crippen molar-refractivity contribution in [3.05, 3.63) is 17.5 Å². The van der Waals surface area contributed by atoms with Crippen LogP contribution >= 0.6 is 0 Å². The number of halogens is 2. The normalized spacial score (nSPS) is 10.5. The summed E-state index contributed by atoms with van der Waals surface area (Å²) in [5, 5.41) is 0. The second-order valence-electron chi connectivity index (χ2n) is 3.39. The van der Waals surface area contributed by atoms with E-state index in [1.54, 1.807) is 6.92 Å². The SMILES string of the molecule is CCOC(=O)Cc1c(OC)cnc(C(F)F)c1N. The molecular formula is C11H14F2N2O3. The maximum atomic E-state index is 12.6. The molecule has 7 heteroatoms. The van der Waals surface area contributed by atoms with E-state index in [4.69, 9.17) is 15.2 Å². The quantitative estimate of drug-likeness (QED) is 0.816. The minimum absolute atomic E-state index is 0.168. The van der Waals surface area contributed by atoms with Gasteiger partial charge in [-0.3, -0.25) is 4.79 Å². The molecule has 0 aromatic carbocycles. The van der Waals surface area contributed by atoms with Crippen molar-refractivity contribution in [2.75, 3.05) is 19.5 Å². The van der Waals surface area contributed by atoms with Crippen LogP contribution < -0.4 is 10.5 Å². The fraction of sp³-hybridized carbons (Fsp3) is 0.455. The number of alkyl halides is 2. The molecule has 0 radical (unpaired) electrons. The zero-order chi connectivity index (χ0) is 13.7. The highest BCUT2D eigenvalue weighted by atomic mass is 19.3. The Morgan fingerprint density at radius 2 is 2.22 bits per heavy atom. The first kappa shape index (κ1) is 14.1. The number of nitrogen functional groups attached to an aromatic ring is 1. The van der Waals surface area contributed by atoms with Gasteiger partial charge < -0.3 is 15.2 Å². The number of pyridine rings is 1. The summed E-state index contributed by atoms with van der Waals surface area (Å²) in [4.78, 5) is 14.9. The highest BCUT2D eigenvalue weighted by Crippen LogP contribution is 2.31. The van der Waals surface area contributed by atoms with Crippen LogP contribution in [0, 0.1) is 0 Å². The summed E-state index contributed by atoms with van der Waals surface area (Å²) in [6.07, 6.45) is -1.92. The molecule has 0 aliphatic heterocycles. The Hall–Kier alpha value is -1.92. The predicted octanol–water partition coefficient (Wildman–Crippen LogP) is 1.72. The van der Waals surface area contributed by atoms with Gasteiger partial charge in [0.25, 0.3) is 6.43 Å². The number of anilines is 1. The fourth-order valence-electron chi connectivity index (χ4n) is 1.45. The number of esters is 1. The monoisotopic (exact) mass is 260 g/mol. The summed E-state index contributed by atoms with van der Waals surface area (Å²) < 4.78 is 34.9. The van der Waals surface area contributed by atoms with E-state index < -0.39 is 18.1 Å². The van der Waals surface area contributed by atoms with E-state index in [1.807, 2.05) is 0 Å². The van der Waals surface area contributed by atoms with Gasteiger partial charge in [-0.1, -0.05) is 0 Å². The minimum atomic E-state index is -2.81. The summed E-state index contributed by atoms with van der Waals surface area (Å²) in [5.74, 6) is -0.376. The number of rotatable bonds is 5. The molecular weight excluding hydrogens is 246 g/mol. The lowest BCUT2D eigenvalue weighted by Gasteiger charge is -2.13. The van der Waals surface area contributed by atoms with E-state index in [1.165, 1.54) is 7.11 Å². The van der Waals surface area contributed by atoms with Gasteiger partial charge >= 0.3 is 5.97 Å². The maximum Gasteiger partial charge on any atom is 0.310 e. The second kappa shape index (κ2) is 6.13. The average Bonchev–Trinajstić information content (AvgIpc) is 2.31. The molecule has 5 nitrogen and oxygen atoms in total. The van der Waals surface area contributed by atoms with Gasteiger partial charge in [-0.15, -0.1) is 0 Å². The molecule has 0 amide bonds. The maximum absolute atomic E-state index is 12.6. The molecule has 0 atom stereocenters.